The highest BCUT2D eigenvalue weighted by atomic mass is 35.5. The molecule has 0 radical (unpaired) electrons. The van der Waals surface area contributed by atoms with Crippen molar-refractivity contribution in [2.75, 3.05) is 13.2 Å². The Balaban J connectivity index is 0.00000169. The van der Waals surface area contributed by atoms with E-state index in [1.807, 2.05) is 31.3 Å². The molecule has 24 heavy (non-hydrogen) atoms. The Labute approximate surface area is 145 Å². The highest BCUT2D eigenvalue weighted by molar-refractivity contribution is 6.05. The molecule has 0 aliphatic carbocycles. The number of nitrogens with zero attached hydrogens (tertiary/aromatic N) is 3. The lowest BCUT2D eigenvalue weighted by atomic mass is 10.1. The summed E-state index contributed by atoms with van der Waals surface area (Å²) in [5.41, 5.74) is 1.62. The van der Waals surface area contributed by atoms with Crippen LogP contribution < -0.4 is 5.56 Å². The van der Waals surface area contributed by atoms with E-state index in [2.05, 4.69) is 15.0 Å². The molecule has 1 aromatic carbocycles. The third kappa shape index (κ3) is 2.60. The van der Waals surface area contributed by atoms with Crippen LogP contribution in [0.3, 0.4) is 0 Å². The van der Waals surface area contributed by atoms with Crippen LogP contribution in [0.4, 0.5) is 0 Å². The number of aromatic amines is 1. The standard InChI is InChI=1S/C17H20N4O2.ClH/c1-20-16-15(12-6-2-3-7-13(12)17(23)18-16)14(19-20)9-21-8-4-5-11(21)10-22;/h2-3,6-7,11,22H,4-5,8-10H2,1H3,(H,18,23);1H/t11-;/m1./s1. The SMILES string of the molecule is Cl.Cn1nc(CN2CCC[C@@H]2CO)c2c3ccccc3c(=O)[nH]c21. The van der Waals surface area contributed by atoms with Crippen LogP contribution in [0.15, 0.2) is 29.1 Å². The van der Waals surface area contributed by atoms with Crippen LogP contribution in [-0.4, -0.2) is 44.0 Å². The molecule has 0 saturated carbocycles. The summed E-state index contributed by atoms with van der Waals surface area (Å²) >= 11 is 0. The van der Waals surface area contributed by atoms with Gasteiger partial charge in [0.1, 0.15) is 5.65 Å². The minimum atomic E-state index is -0.0861. The molecule has 1 aliphatic rings. The lowest BCUT2D eigenvalue weighted by Gasteiger charge is -2.21. The Morgan fingerprint density at radius 2 is 2.08 bits per heavy atom. The zero-order valence-electron chi connectivity index (χ0n) is 13.5. The number of benzene rings is 1. The van der Waals surface area contributed by atoms with Gasteiger partial charge in [0.2, 0.25) is 0 Å². The van der Waals surface area contributed by atoms with Crippen LogP contribution in [-0.2, 0) is 13.6 Å². The first-order valence-corrected chi connectivity index (χ1v) is 8.00. The van der Waals surface area contributed by atoms with Gasteiger partial charge in [0.15, 0.2) is 0 Å². The third-order valence-corrected chi connectivity index (χ3v) is 4.86. The molecule has 0 unspecified atom stereocenters. The maximum absolute atomic E-state index is 12.3. The summed E-state index contributed by atoms with van der Waals surface area (Å²) in [6.07, 6.45) is 2.13. The molecule has 6 nitrogen and oxygen atoms in total. The van der Waals surface area contributed by atoms with Gasteiger partial charge in [-0.05, 0) is 25.5 Å². The number of aliphatic hydroxyl groups excluding tert-OH is 1. The van der Waals surface area contributed by atoms with Gasteiger partial charge in [0.25, 0.3) is 5.56 Å². The van der Waals surface area contributed by atoms with Gasteiger partial charge in [-0.1, -0.05) is 18.2 Å². The number of H-pyrrole nitrogens is 1. The van der Waals surface area contributed by atoms with Crippen LogP contribution in [0.25, 0.3) is 21.8 Å². The van der Waals surface area contributed by atoms with E-state index in [1.165, 1.54) is 0 Å². The number of halogens is 1. The number of aliphatic hydroxyl groups is 1. The minimum absolute atomic E-state index is 0. The molecule has 128 valence electrons. The molecule has 0 spiro atoms. The van der Waals surface area contributed by atoms with E-state index in [9.17, 15) is 9.90 Å². The van der Waals surface area contributed by atoms with E-state index < -0.39 is 0 Å². The first kappa shape index (κ1) is 17.0. The molecule has 1 fully saturated rings. The fraction of sp³-hybridized carbons (Fsp3) is 0.412. The summed E-state index contributed by atoms with van der Waals surface area (Å²) in [5.74, 6) is 0. The molecular formula is C17H21ClN4O2. The third-order valence-electron chi connectivity index (χ3n) is 4.86. The highest BCUT2D eigenvalue weighted by Crippen LogP contribution is 2.27. The number of aryl methyl sites for hydroxylation is 1. The summed E-state index contributed by atoms with van der Waals surface area (Å²) in [7, 11) is 1.85. The summed E-state index contributed by atoms with van der Waals surface area (Å²) < 4.78 is 1.74. The Kier molecular flexibility index (Phi) is 4.62. The largest absolute Gasteiger partial charge is 0.395 e. The van der Waals surface area contributed by atoms with Gasteiger partial charge in [-0.25, -0.2) is 0 Å². The quantitative estimate of drug-likeness (QED) is 0.757. The Bertz CT molecular complexity index is 933. The lowest BCUT2D eigenvalue weighted by Crippen LogP contribution is -2.31. The van der Waals surface area contributed by atoms with Crippen LogP contribution in [0.5, 0.6) is 0 Å². The van der Waals surface area contributed by atoms with Gasteiger partial charge in [-0.15, -0.1) is 12.4 Å². The molecule has 1 atom stereocenters. The molecule has 0 amide bonds. The van der Waals surface area contributed by atoms with Crippen molar-refractivity contribution in [3.05, 3.63) is 40.3 Å². The second-order valence-electron chi connectivity index (χ2n) is 6.24. The summed E-state index contributed by atoms with van der Waals surface area (Å²) in [6.45, 7) is 1.85. The molecule has 7 heteroatoms. The van der Waals surface area contributed by atoms with Gasteiger partial charge in [0.05, 0.1) is 12.3 Å². The van der Waals surface area contributed by atoms with Gasteiger partial charge >= 0.3 is 0 Å². The lowest BCUT2D eigenvalue weighted by molar-refractivity contribution is 0.152. The molecule has 2 aromatic heterocycles. The number of pyridine rings is 1. The van der Waals surface area contributed by atoms with Gasteiger partial charge in [-0.2, -0.15) is 5.10 Å². The predicted molar refractivity (Wildman–Crippen MR) is 96.6 cm³/mol. The number of fused-ring (bicyclic) bond motifs is 3. The normalized spacial score (nSPS) is 18.3. The van der Waals surface area contributed by atoms with E-state index in [0.29, 0.717) is 11.9 Å². The number of likely N-dealkylation sites (tertiary alicyclic amines) is 1. The predicted octanol–water partition coefficient (Wildman–Crippen LogP) is 1.79. The number of aromatic nitrogens is 3. The Hall–Kier alpha value is -1.89. The summed E-state index contributed by atoms with van der Waals surface area (Å²) in [6, 6.07) is 7.86. The fourth-order valence-electron chi connectivity index (χ4n) is 3.69. The number of hydrogen-bond acceptors (Lipinski definition) is 4. The van der Waals surface area contributed by atoms with Crippen LogP contribution in [0.2, 0.25) is 0 Å². The average Bonchev–Trinajstić information content (AvgIpc) is 3.13. The number of nitrogens with one attached hydrogen (secondary N) is 1. The highest BCUT2D eigenvalue weighted by Gasteiger charge is 2.26. The minimum Gasteiger partial charge on any atom is -0.395 e. The van der Waals surface area contributed by atoms with Crippen molar-refractivity contribution in [1.29, 1.82) is 0 Å². The van der Waals surface area contributed by atoms with Crippen molar-refractivity contribution in [3.63, 3.8) is 0 Å². The monoisotopic (exact) mass is 348 g/mol. The molecular weight excluding hydrogens is 328 g/mol. The summed E-state index contributed by atoms with van der Waals surface area (Å²) in [4.78, 5) is 17.5. The Morgan fingerprint density at radius 3 is 2.83 bits per heavy atom. The molecule has 4 rings (SSSR count). The van der Waals surface area contributed by atoms with Crippen molar-refractivity contribution < 1.29 is 5.11 Å². The maximum atomic E-state index is 12.3. The summed E-state index contributed by atoms with van der Waals surface area (Å²) in [5, 5.41) is 16.8. The number of rotatable bonds is 3. The van der Waals surface area contributed by atoms with Crippen molar-refractivity contribution in [2.45, 2.75) is 25.4 Å². The average molecular weight is 349 g/mol. The maximum Gasteiger partial charge on any atom is 0.257 e. The van der Waals surface area contributed by atoms with Crippen molar-refractivity contribution in [1.82, 2.24) is 19.7 Å². The van der Waals surface area contributed by atoms with Crippen molar-refractivity contribution in [3.8, 4) is 0 Å². The fourth-order valence-corrected chi connectivity index (χ4v) is 3.69. The van der Waals surface area contributed by atoms with Crippen molar-refractivity contribution >= 4 is 34.2 Å². The first-order chi connectivity index (χ1) is 11.2. The zero-order chi connectivity index (χ0) is 16.0. The van der Waals surface area contributed by atoms with E-state index in [-0.39, 0.29) is 30.6 Å². The van der Waals surface area contributed by atoms with E-state index in [0.717, 1.165) is 41.5 Å². The topological polar surface area (TPSA) is 74.2 Å². The molecule has 0 bridgehead atoms. The van der Waals surface area contributed by atoms with E-state index in [1.54, 1.807) is 4.68 Å². The van der Waals surface area contributed by atoms with Crippen molar-refractivity contribution in [2.24, 2.45) is 7.05 Å². The number of hydrogen-bond donors (Lipinski definition) is 2. The van der Waals surface area contributed by atoms with E-state index >= 15 is 0 Å². The van der Waals surface area contributed by atoms with Gasteiger partial charge < -0.3 is 10.1 Å². The molecule has 3 heterocycles. The molecule has 1 aliphatic heterocycles. The zero-order valence-corrected chi connectivity index (χ0v) is 14.3. The first-order valence-electron chi connectivity index (χ1n) is 8.00. The van der Waals surface area contributed by atoms with Gasteiger partial charge in [-0.3, -0.25) is 14.4 Å². The second-order valence-corrected chi connectivity index (χ2v) is 6.24. The van der Waals surface area contributed by atoms with E-state index in [4.69, 9.17) is 0 Å². The van der Waals surface area contributed by atoms with Crippen LogP contribution in [0, 0.1) is 0 Å². The molecule has 3 aromatic rings. The second kappa shape index (κ2) is 6.55. The molecule has 1 saturated heterocycles. The Morgan fingerprint density at radius 1 is 1.33 bits per heavy atom. The van der Waals surface area contributed by atoms with Crippen LogP contribution in [0.1, 0.15) is 18.5 Å². The smallest absolute Gasteiger partial charge is 0.257 e. The van der Waals surface area contributed by atoms with Gasteiger partial charge in [0, 0.05) is 35.8 Å². The molecule has 2 N–H and O–H groups in total. The van der Waals surface area contributed by atoms with Crippen LogP contribution >= 0.6 is 12.4 Å².